The Morgan fingerprint density at radius 3 is 2.18 bits per heavy atom. The molecule has 0 heterocycles. The summed E-state index contributed by atoms with van der Waals surface area (Å²) in [6, 6.07) is 0. The zero-order chi connectivity index (χ0) is 28.3. The Morgan fingerprint density at radius 1 is 0.947 bits per heavy atom. The van der Waals surface area contributed by atoms with E-state index in [4.69, 9.17) is 4.52 Å². The molecule has 1 unspecified atom stereocenters. The van der Waals surface area contributed by atoms with Crippen molar-refractivity contribution in [3.8, 4) is 0 Å². The van der Waals surface area contributed by atoms with E-state index in [1.54, 1.807) is 0 Å². The average molecular weight is 551 g/mol. The van der Waals surface area contributed by atoms with Crippen molar-refractivity contribution in [2.75, 3.05) is 0 Å². The number of carbonyl (C=O) groups excluding carboxylic acids is 1. The lowest BCUT2D eigenvalue weighted by Gasteiger charge is -2.70. The van der Waals surface area contributed by atoms with Gasteiger partial charge in [-0.25, -0.2) is 4.57 Å². The molecule has 8 heteroatoms. The Labute approximate surface area is 227 Å². The second kappa shape index (κ2) is 8.27. The van der Waals surface area contributed by atoms with E-state index in [1.807, 2.05) is 13.0 Å². The second-order valence-corrected chi connectivity index (χ2v) is 16.7. The molecule has 214 valence electrons. The Balaban J connectivity index is 1.57. The van der Waals surface area contributed by atoms with Crippen LogP contribution in [0.1, 0.15) is 106 Å². The van der Waals surface area contributed by atoms with E-state index in [0.29, 0.717) is 25.7 Å². The number of carboxylic acid groups (broad SMARTS) is 1. The van der Waals surface area contributed by atoms with Crippen LogP contribution in [0.5, 0.6) is 0 Å². The molecule has 5 rings (SSSR count). The molecule has 0 radical (unpaired) electrons. The van der Waals surface area contributed by atoms with Crippen LogP contribution in [0.3, 0.4) is 0 Å². The van der Waals surface area contributed by atoms with Crippen LogP contribution in [-0.4, -0.2) is 32.7 Å². The number of carboxylic acids is 1. The Kier molecular flexibility index (Phi) is 6.21. The molecular formula is C30H47O7P. The number of hydrogen-bond donors (Lipinski definition) is 3. The fourth-order valence-electron chi connectivity index (χ4n) is 10.7. The van der Waals surface area contributed by atoms with Gasteiger partial charge in [-0.3, -0.25) is 14.1 Å². The number of phosphoric ester groups is 1. The first-order valence-electron chi connectivity index (χ1n) is 14.5. The predicted molar refractivity (Wildman–Crippen MR) is 144 cm³/mol. The Bertz CT molecular complexity index is 1140. The summed E-state index contributed by atoms with van der Waals surface area (Å²) in [5, 5.41) is 10.1. The SMILES string of the molecule is CC1(C)C2CC[C@]3(C)[C@H](C(=O)C=C4[C@H]5C[C@@](C)(C(=O)O)CC[C@]5(C)CC[C@]43C)[C@@]2(C)CC[C@@H]1OP(=O)(O)O. The molecule has 0 aliphatic heterocycles. The Morgan fingerprint density at radius 2 is 1.58 bits per heavy atom. The fourth-order valence-corrected chi connectivity index (χ4v) is 11.4. The number of rotatable bonds is 3. The molecule has 0 saturated heterocycles. The van der Waals surface area contributed by atoms with Gasteiger partial charge in [-0.15, -0.1) is 0 Å². The number of phosphoric acid groups is 1. The molecule has 0 aromatic rings. The molecule has 9 atom stereocenters. The third-order valence-corrected chi connectivity index (χ3v) is 13.8. The minimum absolute atomic E-state index is 0.0187. The highest BCUT2D eigenvalue weighted by Crippen LogP contribution is 2.75. The molecule has 7 nitrogen and oxygen atoms in total. The highest BCUT2D eigenvalue weighted by Gasteiger charge is 2.70. The van der Waals surface area contributed by atoms with Gasteiger partial charge in [0.15, 0.2) is 5.78 Å². The molecule has 4 saturated carbocycles. The summed E-state index contributed by atoms with van der Waals surface area (Å²) in [5.41, 5.74) is -0.801. The van der Waals surface area contributed by atoms with Gasteiger partial charge in [0.25, 0.3) is 0 Å². The predicted octanol–water partition coefficient (Wildman–Crippen LogP) is 6.53. The zero-order valence-corrected chi connectivity index (χ0v) is 25.1. The first kappa shape index (κ1) is 28.5. The largest absolute Gasteiger partial charge is 0.481 e. The van der Waals surface area contributed by atoms with E-state index < -0.39 is 30.7 Å². The highest BCUT2D eigenvalue weighted by molar-refractivity contribution is 7.46. The van der Waals surface area contributed by atoms with Gasteiger partial charge >= 0.3 is 13.8 Å². The third-order valence-electron chi connectivity index (χ3n) is 13.3. The molecule has 4 fully saturated rings. The van der Waals surface area contributed by atoms with Gasteiger partial charge in [-0.1, -0.05) is 47.1 Å². The smallest absolute Gasteiger partial charge is 0.469 e. The second-order valence-electron chi connectivity index (χ2n) is 15.5. The molecule has 0 amide bonds. The van der Waals surface area contributed by atoms with Gasteiger partial charge in [0, 0.05) is 5.92 Å². The van der Waals surface area contributed by atoms with Crippen molar-refractivity contribution in [3.05, 3.63) is 11.6 Å². The van der Waals surface area contributed by atoms with Gasteiger partial charge in [0.1, 0.15) is 0 Å². The zero-order valence-electron chi connectivity index (χ0n) is 24.2. The molecule has 0 aromatic carbocycles. The molecule has 5 aliphatic rings. The molecule has 0 aromatic heterocycles. The van der Waals surface area contributed by atoms with Crippen molar-refractivity contribution in [3.63, 3.8) is 0 Å². The number of carbonyl (C=O) groups is 2. The summed E-state index contributed by atoms with van der Waals surface area (Å²) in [4.78, 5) is 45.8. The molecule has 38 heavy (non-hydrogen) atoms. The van der Waals surface area contributed by atoms with Crippen LogP contribution in [0.4, 0.5) is 0 Å². The summed E-state index contributed by atoms with van der Waals surface area (Å²) in [6.07, 6.45) is 8.51. The van der Waals surface area contributed by atoms with E-state index in [1.165, 1.54) is 5.57 Å². The first-order chi connectivity index (χ1) is 17.2. The van der Waals surface area contributed by atoms with Crippen LogP contribution < -0.4 is 0 Å². The minimum atomic E-state index is -4.62. The van der Waals surface area contributed by atoms with Crippen LogP contribution in [0.2, 0.25) is 0 Å². The quantitative estimate of drug-likeness (QED) is 0.342. The number of allylic oxidation sites excluding steroid dienone is 2. The van der Waals surface area contributed by atoms with Crippen molar-refractivity contribution >= 4 is 19.6 Å². The maximum Gasteiger partial charge on any atom is 0.469 e. The molecule has 5 aliphatic carbocycles. The number of aliphatic carboxylic acids is 1. The first-order valence-corrected chi connectivity index (χ1v) is 16.0. The number of hydrogen-bond acceptors (Lipinski definition) is 4. The maximum absolute atomic E-state index is 14.3. The van der Waals surface area contributed by atoms with Crippen molar-refractivity contribution in [1.82, 2.24) is 0 Å². The van der Waals surface area contributed by atoms with E-state index in [0.717, 1.165) is 32.1 Å². The van der Waals surface area contributed by atoms with Crippen LogP contribution in [0, 0.1) is 50.2 Å². The Hall–Kier alpha value is -1.01. The van der Waals surface area contributed by atoms with Gasteiger partial charge in [0.2, 0.25) is 0 Å². The summed E-state index contributed by atoms with van der Waals surface area (Å²) >= 11 is 0. The normalized spacial score (nSPS) is 50.1. The monoisotopic (exact) mass is 550 g/mol. The van der Waals surface area contributed by atoms with Crippen molar-refractivity contribution in [2.45, 2.75) is 112 Å². The van der Waals surface area contributed by atoms with Gasteiger partial charge < -0.3 is 14.9 Å². The van der Waals surface area contributed by atoms with Gasteiger partial charge in [-0.05, 0) is 110 Å². The third kappa shape index (κ3) is 3.74. The van der Waals surface area contributed by atoms with Crippen LogP contribution >= 0.6 is 7.82 Å². The van der Waals surface area contributed by atoms with E-state index >= 15 is 0 Å². The summed E-state index contributed by atoms with van der Waals surface area (Å²) in [6.45, 7) is 15.2. The van der Waals surface area contributed by atoms with Crippen molar-refractivity contribution in [2.24, 2.45) is 50.2 Å². The lowest BCUT2D eigenvalue weighted by atomic mass is 9.33. The van der Waals surface area contributed by atoms with E-state index in [-0.39, 0.29) is 45.2 Å². The molecule has 3 N–H and O–H groups in total. The van der Waals surface area contributed by atoms with E-state index in [9.17, 15) is 29.0 Å². The summed E-state index contributed by atoms with van der Waals surface area (Å²) in [5.74, 6) is -0.559. The van der Waals surface area contributed by atoms with Crippen LogP contribution in [0.25, 0.3) is 0 Å². The van der Waals surface area contributed by atoms with Crippen LogP contribution in [0.15, 0.2) is 11.6 Å². The lowest BCUT2D eigenvalue weighted by Crippen LogP contribution is -2.66. The van der Waals surface area contributed by atoms with Gasteiger partial charge in [-0.2, -0.15) is 0 Å². The van der Waals surface area contributed by atoms with Crippen molar-refractivity contribution in [1.29, 1.82) is 0 Å². The topological polar surface area (TPSA) is 121 Å². The molecule has 0 spiro atoms. The number of ketones is 1. The number of fused-ring (bicyclic) bond motifs is 7. The average Bonchev–Trinajstić information content (AvgIpc) is 2.77. The highest BCUT2D eigenvalue weighted by atomic mass is 31.2. The standard InChI is InChI=1S/C30H47O7P/c1-25(2)21-8-11-30(7)23(28(21,5)10-9-22(25)37-38(34,35)36)20(31)16-18-19-17-27(4,24(32)33)13-12-26(19,3)14-15-29(18,30)6/h16,19,21-23H,8-15,17H2,1-7H3,(H,32,33)(H2,34,35,36)/t19-,21?,22+,23-,26-,27+,28+,29-,30-/m1/s1. The van der Waals surface area contributed by atoms with Crippen LogP contribution in [-0.2, 0) is 18.7 Å². The maximum atomic E-state index is 14.3. The lowest BCUT2D eigenvalue weighted by molar-refractivity contribution is -0.200. The van der Waals surface area contributed by atoms with Gasteiger partial charge in [0.05, 0.1) is 11.5 Å². The minimum Gasteiger partial charge on any atom is -0.481 e. The summed E-state index contributed by atoms with van der Waals surface area (Å²) in [7, 11) is -4.62. The molecule has 0 bridgehead atoms. The molecular weight excluding hydrogens is 503 g/mol. The van der Waals surface area contributed by atoms with Crippen molar-refractivity contribution < 1.29 is 33.6 Å². The summed E-state index contributed by atoms with van der Waals surface area (Å²) < 4.78 is 17.1. The van der Waals surface area contributed by atoms with E-state index in [2.05, 4.69) is 41.5 Å². The fraction of sp³-hybridized carbons (Fsp3) is 0.867.